The number of benzene rings is 2. The van der Waals surface area contributed by atoms with Crippen LogP contribution in [-0.2, 0) is 9.47 Å². The summed E-state index contributed by atoms with van der Waals surface area (Å²) >= 11 is 0. The quantitative estimate of drug-likeness (QED) is 0.568. The van der Waals surface area contributed by atoms with E-state index in [1.54, 1.807) is 6.07 Å². The van der Waals surface area contributed by atoms with E-state index in [2.05, 4.69) is 15.3 Å². The van der Waals surface area contributed by atoms with Gasteiger partial charge in [-0.1, -0.05) is 18.2 Å². The molecule has 0 unspecified atom stereocenters. The van der Waals surface area contributed by atoms with E-state index in [-0.39, 0.29) is 24.5 Å². The molecule has 3 aromatic rings. The number of aliphatic hydroxyl groups is 1. The van der Waals surface area contributed by atoms with Crippen molar-refractivity contribution in [1.29, 1.82) is 0 Å². The molecule has 2 N–H and O–H groups in total. The molecule has 2 atom stereocenters. The van der Waals surface area contributed by atoms with E-state index in [1.807, 2.05) is 24.3 Å². The van der Waals surface area contributed by atoms with Crippen molar-refractivity contribution in [2.45, 2.75) is 12.1 Å². The second-order valence-corrected chi connectivity index (χ2v) is 8.47. The maximum absolute atomic E-state index is 13.9. The van der Waals surface area contributed by atoms with Crippen LogP contribution in [0.3, 0.4) is 0 Å². The van der Waals surface area contributed by atoms with Gasteiger partial charge in [0.05, 0.1) is 50.0 Å². The Morgan fingerprint density at radius 3 is 2.49 bits per heavy atom. The van der Waals surface area contributed by atoms with Crippen LogP contribution < -0.4 is 15.8 Å². The van der Waals surface area contributed by atoms with Gasteiger partial charge in [0.25, 0.3) is 11.5 Å². The fourth-order valence-corrected chi connectivity index (χ4v) is 4.17. The SMILES string of the molecule is O=C(N[C@@H]1COC[C@H]1O)c1cc(-c2ccc(N3CCOCC3)cc2)nn(-c2cccc(F)c2)c1=O. The molecule has 0 saturated carbocycles. The summed E-state index contributed by atoms with van der Waals surface area (Å²) < 4.78 is 25.5. The third-order valence-electron chi connectivity index (χ3n) is 6.12. The Hall–Kier alpha value is -3.60. The molecule has 2 aliphatic heterocycles. The molecule has 2 aliphatic rings. The summed E-state index contributed by atoms with van der Waals surface area (Å²) in [5, 5.41) is 17.1. The van der Waals surface area contributed by atoms with Gasteiger partial charge >= 0.3 is 0 Å². The third-order valence-corrected chi connectivity index (χ3v) is 6.12. The fourth-order valence-electron chi connectivity index (χ4n) is 4.17. The van der Waals surface area contributed by atoms with Gasteiger partial charge in [0.1, 0.15) is 11.4 Å². The van der Waals surface area contributed by atoms with Crippen LogP contribution in [-0.4, -0.2) is 72.5 Å². The first-order valence-electron chi connectivity index (χ1n) is 11.4. The molecule has 3 heterocycles. The molecule has 0 radical (unpaired) electrons. The summed E-state index contributed by atoms with van der Waals surface area (Å²) in [4.78, 5) is 28.5. The minimum Gasteiger partial charge on any atom is -0.388 e. The van der Waals surface area contributed by atoms with E-state index >= 15 is 0 Å². The van der Waals surface area contributed by atoms with Crippen LogP contribution >= 0.6 is 0 Å². The summed E-state index contributed by atoms with van der Waals surface area (Å²) in [6.45, 7) is 3.18. The number of hydrogen-bond acceptors (Lipinski definition) is 7. The lowest BCUT2D eigenvalue weighted by Gasteiger charge is -2.28. The Morgan fingerprint density at radius 2 is 1.80 bits per heavy atom. The summed E-state index contributed by atoms with van der Waals surface area (Å²) in [7, 11) is 0. The van der Waals surface area contributed by atoms with Crippen molar-refractivity contribution in [3.63, 3.8) is 0 Å². The zero-order chi connectivity index (χ0) is 24.4. The van der Waals surface area contributed by atoms with E-state index in [1.165, 1.54) is 24.3 Å². The summed E-state index contributed by atoms with van der Waals surface area (Å²) in [5.74, 6) is -1.20. The van der Waals surface area contributed by atoms with Crippen LogP contribution in [0.15, 0.2) is 59.4 Å². The molecule has 35 heavy (non-hydrogen) atoms. The van der Waals surface area contributed by atoms with Crippen molar-refractivity contribution in [3.8, 4) is 16.9 Å². The van der Waals surface area contributed by atoms with Gasteiger partial charge in [0.2, 0.25) is 0 Å². The number of amides is 1. The lowest BCUT2D eigenvalue weighted by atomic mass is 10.1. The Labute approximate surface area is 200 Å². The smallest absolute Gasteiger partial charge is 0.284 e. The Kier molecular flexibility index (Phi) is 6.58. The average Bonchev–Trinajstić information content (AvgIpc) is 3.28. The lowest BCUT2D eigenvalue weighted by Crippen LogP contribution is -2.44. The van der Waals surface area contributed by atoms with Gasteiger partial charge in [-0.15, -0.1) is 0 Å². The number of anilines is 1. The molecule has 2 fully saturated rings. The van der Waals surface area contributed by atoms with Gasteiger partial charge in [0, 0.05) is 24.3 Å². The monoisotopic (exact) mass is 480 g/mol. The number of halogens is 1. The van der Waals surface area contributed by atoms with Gasteiger partial charge in [-0.2, -0.15) is 9.78 Å². The molecular formula is C25H25FN4O5. The molecule has 9 nitrogen and oxygen atoms in total. The van der Waals surface area contributed by atoms with Crippen molar-refractivity contribution in [2.75, 3.05) is 44.4 Å². The van der Waals surface area contributed by atoms with E-state index in [0.29, 0.717) is 24.5 Å². The molecule has 2 saturated heterocycles. The third kappa shape index (κ3) is 4.95. The van der Waals surface area contributed by atoms with Crippen molar-refractivity contribution in [1.82, 2.24) is 15.1 Å². The highest BCUT2D eigenvalue weighted by molar-refractivity contribution is 5.95. The van der Waals surface area contributed by atoms with Crippen molar-refractivity contribution in [3.05, 3.63) is 76.3 Å². The first-order chi connectivity index (χ1) is 17.0. The normalized spacial score (nSPS) is 20.1. The number of rotatable bonds is 5. The number of aromatic nitrogens is 2. The number of hydrogen-bond donors (Lipinski definition) is 2. The van der Waals surface area contributed by atoms with Gasteiger partial charge in [0.15, 0.2) is 0 Å². The molecule has 2 aromatic carbocycles. The zero-order valence-corrected chi connectivity index (χ0v) is 18.9. The van der Waals surface area contributed by atoms with Gasteiger partial charge < -0.3 is 24.8 Å². The van der Waals surface area contributed by atoms with Crippen LogP contribution in [0.25, 0.3) is 16.9 Å². The second kappa shape index (κ2) is 9.95. The van der Waals surface area contributed by atoms with Gasteiger partial charge in [-0.25, -0.2) is 4.39 Å². The minimum atomic E-state index is -0.863. The Morgan fingerprint density at radius 1 is 1.03 bits per heavy atom. The van der Waals surface area contributed by atoms with Crippen LogP contribution in [0.1, 0.15) is 10.4 Å². The number of carbonyl (C=O) groups excluding carboxylic acids is 1. The Bertz CT molecular complexity index is 1270. The fraction of sp³-hybridized carbons (Fsp3) is 0.320. The molecule has 182 valence electrons. The number of morpholine rings is 1. The summed E-state index contributed by atoms with van der Waals surface area (Å²) in [6, 6.07) is 13.9. The van der Waals surface area contributed by atoms with Gasteiger partial charge in [-0.3, -0.25) is 9.59 Å². The second-order valence-electron chi connectivity index (χ2n) is 8.47. The Balaban J connectivity index is 1.54. The highest BCUT2D eigenvalue weighted by atomic mass is 19.1. The predicted octanol–water partition coefficient (Wildman–Crippen LogP) is 1.36. The van der Waals surface area contributed by atoms with E-state index in [4.69, 9.17) is 9.47 Å². The van der Waals surface area contributed by atoms with Crippen molar-refractivity contribution < 1.29 is 23.8 Å². The standard InChI is InChI=1S/C25H25FN4O5/c26-17-2-1-3-19(12-17)30-25(33)20(24(32)27-22-14-35-15-23(22)31)13-21(28-30)16-4-6-18(7-5-16)29-8-10-34-11-9-29/h1-7,12-13,22-23,31H,8-11,14-15H2,(H,27,32)/t22-,23-/m1/s1. The van der Waals surface area contributed by atoms with E-state index in [0.717, 1.165) is 23.5 Å². The zero-order valence-electron chi connectivity index (χ0n) is 18.9. The summed E-state index contributed by atoms with van der Waals surface area (Å²) in [5.41, 5.74) is 1.41. The van der Waals surface area contributed by atoms with Crippen LogP contribution in [0.4, 0.5) is 10.1 Å². The maximum Gasteiger partial charge on any atom is 0.284 e. The van der Waals surface area contributed by atoms with Crippen molar-refractivity contribution >= 4 is 11.6 Å². The molecule has 1 amide bonds. The van der Waals surface area contributed by atoms with E-state index < -0.39 is 29.4 Å². The number of carbonyl (C=O) groups is 1. The van der Waals surface area contributed by atoms with E-state index in [9.17, 15) is 19.1 Å². The molecule has 1 aromatic heterocycles. The van der Waals surface area contributed by atoms with Gasteiger partial charge in [-0.05, 0) is 36.4 Å². The molecular weight excluding hydrogens is 455 g/mol. The van der Waals surface area contributed by atoms with Crippen LogP contribution in [0.5, 0.6) is 0 Å². The molecule has 0 spiro atoms. The minimum absolute atomic E-state index is 0.107. The number of aliphatic hydroxyl groups excluding tert-OH is 1. The van der Waals surface area contributed by atoms with Crippen LogP contribution in [0, 0.1) is 5.82 Å². The highest BCUT2D eigenvalue weighted by Gasteiger charge is 2.29. The maximum atomic E-state index is 13.9. The lowest BCUT2D eigenvalue weighted by molar-refractivity contribution is 0.0884. The first kappa shape index (κ1) is 23.2. The first-order valence-corrected chi connectivity index (χ1v) is 11.4. The summed E-state index contributed by atoms with van der Waals surface area (Å²) in [6.07, 6.45) is -0.863. The van der Waals surface area contributed by atoms with Crippen molar-refractivity contribution in [2.24, 2.45) is 0 Å². The molecule has 5 rings (SSSR count). The number of nitrogens with zero attached hydrogens (tertiary/aromatic N) is 3. The molecule has 0 bridgehead atoms. The highest BCUT2D eigenvalue weighted by Crippen LogP contribution is 2.23. The molecule has 10 heteroatoms. The predicted molar refractivity (Wildman–Crippen MR) is 126 cm³/mol. The largest absolute Gasteiger partial charge is 0.388 e. The topological polar surface area (TPSA) is 106 Å². The number of ether oxygens (including phenoxy) is 2. The van der Waals surface area contributed by atoms with Crippen LogP contribution in [0.2, 0.25) is 0 Å². The molecule has 0 aliphatic carbocycles. The average molecular weight is 480 g/mol. The number of nitrogens with one attached hydrogen (secondary N) is 1.